The number of hydrogen-bond acceptors (Lipinski definition) is 2. The minimum atomic E-state index is -3.13. The summed E-state index contributed by atoms with van der Waals surface area (Å²) in [6.07, 6.45) is 1.47. The Balaban J connectivity index is -0.0000000787. The van der Waals surface area contributed by atoms with Crippen LogP contribution in [0.2, 0.25) is 0 Å². The van der Waals surface area contributed by atoms with Gasteiger partial charge in [0.2, 0.25) is 0 Å². The first kappa shape index (κ1) is 16.9. The van der Waals surface area contributed by atoms with E-state index in [4.69, 9.17) is 28.7 Å². The molecule has 0 atom stereocenters. The summed E-state index contributed by atoms with van der Waals surface area (Å²) in [6.45, 7) is 0. The van der Waals surface area contributed by atoms with Crippen LogP contribution < -0.4 is 0 Å². The SMILES string of the molecule is CCl.O=[PH](O)O.O=[PH](O)O. The van der Waals surface area contributed by atoms with Crippen LogP contribution in [0.25, 0.3) is 0 Å². The van der Waals surface area contributed by atoms with Gasteiger partial charge in [-0.25, -0.2) is 0 Å². The molecule has 0 radical (unpaired) electrons. The van der Waals surface area contributed by atoms with Gasteiger partial charge in [0, 0.05) is 6.38 Å². The Morgan fingerprint density at radius 2 is 0.900 bits per heavy atom. The van der Waals surface area contributed by atoms with E-state index in [0.717, 1.165) is 0 Å². The summed E-state index contributed by atoms with van der Waals surface area (Å²) >= 11 is 4.64. The Bertz CT molecular complexity index is 73.7. The maximum Gasteiger partial charge on any atom is 0.314 e. The molecule has 0 fully saturated rings. The van der Waals surface area contributed by atoms with Gasteiger partial charge in [-0.3, -0.25) is 9.13 Å². The molecule has 0 saturated carbocycles. The fraction of sp³-hybridized carbons (Fsp3) is 1.00. The molecule has 9 heteroatoms. The first-order valence-corrected chi connectivity index (χ1v) is 5.04. The van der Waals surface area contributed by atoms with Crippen LogP contribution in [0.5, 0.6) is 0 Å². The van der Waals surface area contributed by atoms with E-state index < -0.39 is 16.5 Å². The summed E-state index contributed by atoms with van der Waals surface area (Å²) in [5, 5.41) is 0. The summed E-state index contributed by atoms with van der Waals surface area (Å²) in [6, 6.07) is 0. The normalized spacial score (nSPS) is 7.60. The second kappa shape index (κ2) is 16.3. The van der Waals surface area contributed by atoms with Crippen molar-refractivity contribution >= 4 is 28.1 Å². The van der Waals surface area contributed by atoms with E-state index >= 15 is 0 Å². The second-order valence-electron chi connectivity index (χ2n) is 0.565. The van der Waals surface area contributed by atoms with Gasteiger partial charge in [0.25, 0.3) is 0 Å². The lowest BCUT2D eigenvalue weighted by atomic mass is 12.0. The van der Waals surface area contributed by atoms with Crippen molar-refractivity contribution in [1.82, 2.24) is 0 Å². The molecular weight excluding hydrogens is 205 g/mol. The third-order valence-corrected chi connectivity index (χ3v) is 0. The Kier molecular flexibility index (Phi) is 27.5. The fourth-order valence-corrected chi connectivity index (χ4v) is 0. The zero-order valence-electron chi connectivity index (χ0n) is 4.98. The quantitative estimate of drug-likeness (QED) is 0.321. The molecular formula is CH9ClO6P2. The predicted molar refractivity (Wildman–Crippen MR) is 38.7 cm³/mol. The van der Waals surface area contributed by atoms with Gasteiger partial charge in [-0.05, 0) is 0 Å². The van der Waals surface area contributed by atoms with Crippen molar-refractivity contribution in [3.63, 3.8) is 0 Å². The van der Waals surface area contributed by atoms with Crippen molar-refractivity contribution in [2.45, 2.75) is 0 Å². The largest absolute Gasteiger partial charge is 0.326 e. The lowest BCUT2D eigenvalue weighted by Gasteiger charge is -1.61. The summed E-state index contributed by atoms with van der Waals surface area (Å²) < 4.78 is 17.5. The van der Waals surface area contributed by atoms with Crippen molar-refractivity contribution in [2.24, 2.45) is 0 Å². The average molecular weight is 214 g/mol. The van der Waals surface area contributed by atoms with Crippen molar-refractivity contribution in [2.75, 3.05) is 6.38 Å². The minimum absolute atomic E-state index is 1.47. The molecule has 0 heterocycles. The van der Waals surface area contributed by atoms with Gasteiger partial charge < -0.3 is 19.6 Å². The fourth-order valence-electron chi connectivity index (χ4n) is 0. The maximum absolute atomic E-state index is 8.74. The van der Waals surface area contributed by atoms with Crippen molar-refractivity contribution in [1.29, 1.82) is 0 Å². The van der Waals surface area contributed by atoms with Crippen molar-refractivity contribution < 1.29 is 28.7 Å². The third kappa shape index (κ3) is 1420. The van der Waals surface area contributed by atoms with Gasteiger partial charge in [0.15, 0.2) is 0 Å². The topological polar surface area (TPSA) is 115 Å². The average Bonchev–Trinajstić information content (AvgIpc) is 1.66. The monoisotopic (exact) mass is 214 g/mol. The molecule has 0 unspecified atom stereocenters. The van der Waals surface area contributed by atoms with Gasteiger partial charge in [0.1, 0.15) is 0 Å². The smallest absolute Gasteiger partial charge is 0.314 e. The second-order valence-corrected chi connectivity index (χ2v) is 1.70. The van der Waals surface area contributed by atoms with Crippen molar-refractivity contribution in [3.05, 3.63) is 0 Å². The van der Waals surface area contributed by atoms with Crippen molar-refractivity contribution in [3.8, 4) is 0 Å². The molecule has 6 nitrogen and oxygen atoms in total. The van der Waals surface area contributed by atoms with E-state index in [2.05, 4.69) is 11.6 Å². The van der Waals surface area contributed by atoms with Gasteiger partial charge in [0.05, 0.1) is 0 Å². The molecule has 0 rings (SSSR count). The van der Waals surface area contributed by atoms with Crippen LogP contribution in [0.3, 0.4) is 0 Å². The third-order valence-electron chi connectivity index (χ3n) is 0. The standard InChI is InChI=1S/CH3Cl.2H3O3P/c1-2;2*1-4(2)3/h1H3;2*4H,(H2,1,2,3). The van der Waals surface area contributed by atoms with Crippen LogP contribution in [-0.2, 0) is 9.13 Å². The Morgan fingerprint density at radius 1 is 0.900 bits per heavy atom. The lowest BCUT2D eigenvalue weighted by molar-refractivity contribution is 0.403. The molecule has 4 N–H and O–H groups in total. The highest BCUT2D eigenvalue weighted by Crippen LogP contribution is 1.98. The Labute approximate surface area is 64.0 Å². The van der Waals surface area contributed by atoms with Crippen LogP contribution in [0, 0.1) is 0 Å². The highest BCUT2D eigenvalue weighted by atomic mass is 35.5. The molecule has 0 bridgehead atoms. The first-order valence-electron chi connectivity index (χ1n) is 1.68. The lowest BCUT2D eigenvalue weighted by Crippen LogP contribution is -1.38. The number of alkyl halides is 1. The van der Waals surface area contributed by atoms with E-state index in [1.165, 1.54) is 6.38 Å². The highest BCUT2D eigenvalue weighted by molar-refractivity contribution is 7.31. The van der Waals surface area contributed by atoms with E-state index in [9.17, 15) is 0 Å². The highest BCUT2D eigenvalue weighted by Gasteiger charge is 1.62. The zero-order chi connectivity index (χ0) is 9.15. The summed E-state index contributed by atoms with van der Waals surface area (Å²) in [7, 11) is -6.26. The molecule has 0 aromatic rings. The summed E-state index contributed by atoms with van der Waals surface area (Å²) in [5.74, 6) is 0. The molecule has 0 aromatic carbocycles. The van der Waals surface area contributed by atoms with Gasteiger partial charge >= 0.3 is 16.5 Å². The van der Waals surface area contributed by atoms with E-state index in [-0.39, 0.29) is 0 Å². The molecule has 66 valence electrons. The van der Waals surface area contributed by atoms with Crippen LogP contribution in [0.1, 0.15) is 0 Å². The molecule has 0 amide bonds. The predicted octanol–water partition coefficient (Wildman–Crippen LogP) is -0.424. The van der Waals surface area contributed by atoms with E-state index in [1.54, 1.807) is 0 Å². The van der Waals surface area contributed by atoms with Gasteiger partial charge in [-0.2, -0.15) is 0 Å². The number of rotatable bonds is 0. The summed E-state index contributed by atoms with van der Waals surface area (Å²) in [4.78, 5) is 28.6. The number of hydrogen-bond donors (Lipinski definition) is 4. The Morgan fingerprint density at radius 3 is 0.900 bits per heavy atom. The minimum Gasteiger partial charge on any atom is -0.326 e. The van der Waals surface area contributed by atoms with Gasteiger partial charge in [-0.1, -0.05) is 0 Å². The number of halogens is 1. The molecule has 0 aromatic heterocycles. The molecule has 0 aliphatic heterocycles. The van der Waals surface area contributed by atoms with Crippen LogP contribution in [-0.4, -0.2) is 26.0 Å². The molecule has 0 aliphatic carbocycles. The van der Waals surface area contributed by atoms with E-state index in [1.807, 2.05) is 0 Å². The Hall–Kier alpha value is 0.590. The zero-order valence-corrected chi connectivity index (χ0v) is 7.74. The van der Waals surface area contributed by atoms with Gasteiger partial charge in [-0.15, -0.1) is 11.6 Å². The molecule has 0 saturated heterocycles. The summed E-state index contributed by atoms with van der Waals surface area (Å²) in [5.41, 5.74) is 0. The first-order chi connectivity index (χ1) is 4.46. The van der Waals surface area contributed by atoms with Crippen LogP contribution in [0.15, 0.2) is 0 Å². The molecule has 0 aliphatic rings. The maximum atomic E-state index is 8.74. The van der Waals surface area contributed by atoms with Crippen LogP contribution >= 0.6 is 28.1 Å². The van der Waals surface area contributed by atoms with E-state index in [0.29, 0.717) is 0 Å². The van der Waals surface area contributed by atoms with Crippen LogP contribution in [0.4, 0.5) is 0 Å². The molecule has 10 heavy (non-hydrogen) atoms. The molecule has 0 spiro atoms.